The second-order valence-corrected chi connectivity index (χ2v) is 6.02. The molecule has 0 unspecified atom stereocenters. The first-order valence-corrected chi connectivity index (χ1v) is 8.10. The number of aryl methyl sites for hydroxylation is 1. The van der Waals surface area contributed by atoms with Crippen molar-refractivity contribution in [3.05, 3.63) is 65.7 Å². The highest BCUT2D eigenvalue weighted by Crippen LogP contribution is 2.26. The predicted octanol–water partition coefficient (Wildman–Crippen LogP) is 2.91. The zero-order chi connectivity index (χ0) is 18.0. The van der Waals surface area contributed by atoms with Crippen LogP contribution in [-0.2, 0) is 14.3 Å². The molecular formula is C19H16N2O3S. The van der Waals surface area contributed by atoms with Gasteiger partial charge in [-0.05, 0) is 19.1 Å². The zero-order valence-electron chi connectivity index (χ0n) is 13.8. The average Bonchev–Trinajstić information content (AvgIpc) is 2.63. The molecule has 0 fully saturated rings. The number of hydrogen-bond donors (Lipinski definition) is 0. The van der Waals surface area contributed by atoms with Crippen LogP contribution in [0.1, 0.15) is 11.1 Å². The first kappa shape index (κ1) is 17.0. The molecule has 126 valence electrons. The van der Waals surface area contributed by atoms with Gasteiger partial charge < -0.3 is 4.74 Å². The molecule has 1 atom stereocenters. The van der Waals surface area contributed by atoms with E-state index in [2.05, 4.69) is 4.99 Å². The maximum Gasteiger partial charge on any atom is 0.325 e. The second-order valence-electron chi connectivity index (χ2n) is 5.61. The third-order valence-electron chi connectivity index (χ3n) is 3.90. The van der Waals surface area contributed by atoms with Gasteiger partial charge in [0, 0.05) is 5.56 Å². The Bertz CT molecular complexity index is 860. The van der Waals surface area contributed by atoms with Gasteiger partial charge in [-0.25, -0.2) is 4.99 Å². The van der Waals surface area contributed by atoms with Gasteiger partial charge in [-0.3, -0.25) is 14.5 Å². The van der Waals surface area contributed by atoms with Crippen LogP contribution in [0.3, 0.4) is 0 Å². The lowest BCUT2D eigenvalue weighted by Gasteiger charge is -2.31. The van der Waals surface area contributed by atoms with Gasteiger partial charge in [-0.1, -0.05) is 60.2 Å². The van der Waals surface area contributed by atoms with Crippen molar-refractivity contribution in [1.29, 1.82) is 0 Å². The standard InChI is InChI=1S/C19H16N2O3S/c1-12-8-10-14(11-9-12)21-16(13-6-4-3-5-7-13)20-17(25)15(18(21)22)19(23)24-2/h3-11,15H,1-2H3/t15-/m0/s1. The Balaban J connectivity index is 2.16. The maximum atomic E-state index is 13.1. The van der Waals surface area contributed by atoms with Gasteiger partial charge in [0.15, 0.2) is 5.92 Å². The van der Waals surface area contributed by atoms with Crippen LogP contribution in [0.15, 0.2) is 59.6 Å². The third kappa shape index (κ3) is 3.21. The number of anilines is 1. The molecular weight excluding hydrogens is 336 g/mol. The molecule has 6 heteroatoms. The highest BCUT2D eigenvalue weighted by Gasteiger charge is 2.42. The molecule has 2 aromatic carbocycles. The summed E-state index contributed by atoms with van der Waals surface area (Å²) in [6.07, 6.45) is 0. The summed E-state index contributed by atoms with van der Waals surface area (Å²) in [5, 5.41) is 0. The number of amides is 1. The topological polar surface area (TPSA) is 59.0 Å². The number of esters is 1. The van der Waals surface area contributed by atoms with Gasteiger partial charge in [-0.2, -0.15) is 0 Å². The molecule has 0 aromatic heterocycles. The van der Waals surface area contributed by atoms with Crippen molar-refractivity contribution < 1.29 is 14.3 Å². The van der Waals surface area contributed by atoms with E-state index in [4.69, 9.17) is 17.0 Å². The van der Waals surface area contributed by atoms with Crippen molar-refractivity contribution in [2.45, 2.75) is 6.92 Å². The van der Waals surface area contributed by atoms with Crippen LogP contribution in [-0.4, -0.2) is 29.8 Å². The lowest BCUT2D eigenvalue weighted by Crippen LogP contribution is -2.50. The number of carbonyl (C=O) groups is 2. The first-order chi connectivity index (χ1) is 12.0. The Hall–Kier alpha value is -2.86. The number of benzene rings is 2. The molecule has 0 radical (unpaired) electrons. The third-order valence-corrected chi connectivity index (χ3v) is 4.23. The summed E-state index contributed by atoms with van der Waals surface area (Å²) in [7, 11) is 1.23. The fourth-order valence-corrected chi connectivity index (χ4v) is 2.89. The molecule has 1 amide bonds. The SMILES string of the molecule is COC(=O)[C@@H]1C(=O)N(c2ccc(C)cc2)C(c2ccccc2)=NC1=S. The lowest BCUT2D eigenvalue weighted by atomic mass is 10.0. The first-order valence-electron chi connectivity index (χ1n) is 7.69. The molecule has 2 aromatic rings. The van der Waals surface area contributed by atoms with Gasteiger partial charge in [0.2, 0.25) is 0 Å². The summed E-state index contributed by atoms with van der Waals surface area (Å²) in [5.74, 6) is -1.98. The van der Waals surface area contributed by atoms with Crippen LogP contribution in [0.25, 0.3) is 0 Å². The normalized spacial score (nSPS) is 17.3. The van der Waals surface area contributed by atoms with Crippen molar-refractivity contribution >= 4 is 40.6 Å². The Kier molecular flexibility index (Phi) is 4.72. The number of carbonyl (C=O) groups excluding carboxylic acids is 2. The largest absolute Gasteiger partial charge is 0.468 e. The van der Waals surface area contributed by atoms with Crippen LogP contribution in [0, 0.1) is 12.8 Å². The van der Waals surface area contributed by atoms with Crippen molar-refractivity contribution in [1.82, 2.24) is 0 Å². The summed E-state index contributed by atoms with van der Waals surface area (Å²) in [4.78, 5) is 30.9. The minimum Gasteiger partial charge on any atom is -0.468 e. The molecule has 0 saturated carbocycles. The number of rotatable bonds is 3. The van der Waals surface area contributed by atoms with Crippen LogP contribution < -0.4 is 4.90 Å². The fraction of sp³-hybridized carbons (Fsp3) is 0.158. The molecule has 1 aliphatic heterocycles. The van der Waals surface area contributed by atoms with Gasteiger partial charge in [-0.15, -0.1) is 0 Å². The van der Waals surface area contributed by atoms with Crippen LogP contribution >= 0.6 is 12.2 Å². The smallest absolute Gasteiger partial charge is 0.325 e. The fourth-order valence-electron chi connectivity index (χ4n) is 2.60. The molecule has 0 N–H and O–H groups in total. The van der Waals surface area contributed by atoms with Crippen molar-refractivity contribution in [3.63, 3.8) is 0 Å². The molecule has 1 heterocycles. The zero-order valence-corrected chi connectivity index (χ0v) is 14.6. The Morgan fingerprint density at radius 2 is 1.76 bits per heavy atom. The number of aliphatic imine (C=N–C) groups is 1. The van der Waals surface area contributed by atoms with E-state index in [0.29, 0.717) is 11.5 Å². The van der Waals surface area contributed by atoms with E-state index in [1.54, 1.807) is 0 Å². The van der Waals surface area contributed by atoms with Crippen LogP contribution in [0.2, 0.25) is 0 Å². The minimum absolute atomic E-state index is 0.0130. The summed E-state index contributed by atoms with van der Waals surface area (Å²) in [5.41, 5.74) is 2.42. The highest BCUT2D eigenvalue weighted by atomic mass is 32.1. The van der Waals surface area contributed by atoms with Gasteiger partial charge in [0.05, 0.1) is 12.8 Å². The van der Waals surface area contributed by atoms with E-state index >= 15 is 0 Å². The molecule has 1 aliphatic rings. The quantitative estimate of drug-likeness (QED) is 0.484. The molecule has 0 aliphatic carbocycles. The summed E-state index contributed by atoms with van der Waals surface area (Å²) in [6, 6.07) is 16.7. The molecule has 25 heavy (non-hydrogen) atoms. The van der Waals surface area contributed by atoms with Crippen LogP contribution in [0.4, 0.5) is 5.69 Å². The molecule has 3 rings (SSSR count). The average molecular weight is 352 g/mol. The Labute approximate surface area is 150 Å². The molecule has 0 spiro atoms. The van der Waals surface area contributed by atoms with Crippen molar-refractivity contribution in [2.24, 2.45) is 10.9 Å². The molecule has 0 bridgehead atoms. The van der Waals surface area contributed by atoms with E-state index < -0.39 is 17.8 Å². The van der Waals surface area contributed by atoms with E-state index in [-0.39, 0.29) is 4.99 Å². The van der Waals surface area contributed by atoms with E-state index in [1.807, 2.05) is 61.5 Å². The van der Waals surface area contributed by atoms with Gasteiger partial charge in [0.25, 0.3) is 5.91 Å². The van der Waals surface area contributed by atoms with Crippen LogP contribution in [0.5, 0.6) is 0 Å². The van der Waals surface area contributed by atoms with E-state index in [0.717, 1.165) is 11.1 Å². The summed E-state index contributed by atoms with van der Waals surface area (Å²) < 4.78 is 4.73. The number of amidine groups is 1. The highest BCUT2D eigenvalue weighted by molar-refractivity contribution is 7.80. The second kappa shape index (κ2) is 6.94. The number of thiocarbonyl (C=S) groups is 1. The summed E-state index contributed by atoms with van der Waals surface area (Å²) >= 11 is 5.21. The Morgan fingerprint density at radius 3 is 2.36 bits per heavy atom. The lowest BCUT2D eigenvalue weighted by molar-refractivity contribution is -0.146. The number of nitrogens with zero attached hydrogens (tertiary/aromatic N) is 2. The minimum atomic E-state index is -1.21. The number of methoxy groups -OCH3 is 1. The van der Waals surface area contributed by atoms with Gasteiger partial charge >= 0.3 is 5.97 Å². The monoisotopic (exact) mass is 352 g/mol. The number of hydrogen-bond acceptors (Lipinski definition) is 4. The van der Waals surface area contributed by atoms with Crippen molar-refractivity contribution in [2.75, 3.05) is 12.0 Å². The van der Waals surface area contributed by atoms with E-state index in [9.17, 15) is 9.59 Å². The van der Waals surface area contributed by atoms with Crippen molar-refractivity contribution in [3.8, 4) is 0 Å². The van der Waals surface area contributed by atoms with Gasteiger partial charge in [0.1, 0.15) is 10.8 Å². The van der Waals surface area contributed by atoms with E-state index in [1.165, 1.54) is 12.0 Å². The molecule has 5 nitrogen and oxygen atoms in total. The maximum absolute atomic E-state index is 13.1. The predicted molar refractivity (Wildman–Crippen MR) is 99.7 cm³/mol. The Morgan fingerprint density at radius 1 is 1.12 bits per heavy atom. The summed E-state index contributed by atoms with van der Waals surface area (Å²) in [6.45, 7) is 1.96. The molecule has 0 saturated heterocycles. The number of ether oxygens (including phenoxy) is 1.